The summed E-state index contributed by atoms with van der Waals surface area (Å²) in [5.74, 6) is -0.521. The van der Waals surface area contributed by atoms with Crippen LogP contribution in [0.25, 0.3) is 11.2 Å². The molecule has 2 aromatic rings. The Morgan fingerprint density at radius 1 is 0.894 bits per heavy atom. The molecule has 0 radical (unpaired) electrons. The molecule has 0 aromatic carbocycles. The number of nitrogens with one attached hydrogen (secondary N) is 1. The molecule has 0 bridgehead atoms. The maximum Gasteiger partial charge on any atom is 0.305 e. The van der Waals surface area contributed by atoms with Crippen LogP contribution in [0.1, 0.15) is 161 Å². The lowest BCUT2D eigenvalue weighted by molar-refractivity contribution is -0.145. The summed E-state index contributed by atoms with van der Waals surface area (Å²) in [5.41, 5.74) is 6.44. The van der Waals surface area contributed by atoms with Crippen molar-refractivity contribution >= 4 is 28.9 Å². The van der Waals surface area contributed by atoms with Crippen molar-refractivity contribution < 1.29 is 19.4 Å². The fraction of sp³-hybridized carbons (Fsp3) is 0.757. The van der Waals surface area contributed by atoms with E-state index in [1.807, 2.05) is 0 Å². The average molecular weight is 656 g/mol. The Bertz CT molecular complexity index is 1290. The third kappa shape index (κ3) is 13.6. The number of esters is 1. The first kappa shape index (κ1) is 38.4. The molecule has 2 heterocycles. The standard InChI is InChI=1S/C37H61N5O5/c1-3-4-5-6-7-8-9-10-11-12-13-14-15-16-17-18-19-22-29(43)23-20-21-24-33(45)47-26-30-28(2)31(25-32(30)44)42-27-39-34-35(42)40-37(38)41-36(34)46/h27,30-32,44H,2-26H2,1H3,(H3,38,40,41,46)/t30-,31-,32-/m0/s1. The van der Waals surface area contributed by atoms with Crippen LogP contribution in [0.5, 0.6) is 0 Å². The molecule has 264 valence electrons. The van der Waals surface area contributed by atoms with Gasteiger partial charge in [-0.05, 0) is 31.3 Å². The van der Waals surface area contributed by atoms with E-state index in [0.717, 1.165) is 12.8 Å². The van der Waals surface area contributed by atoms with Crippen LogP contribution in [0.15, 0.2) is 23.3 Å². The van der Waals surface area contributed by atoms with Crippen LogP contribution in [0.4, 0.5) is 5.95 Å². The number of anilines is 1. The van der Waals surface area contributed by atoms with Crippen molar-refractivity contribution in [2.75, 3.05) is 12.3 Å². The summed E-state index contributed by atoms with van der Waals surface area (Å²) in [6.45, 7) is 6.44. The molecule has 0 spiro atoms. The Balaban J connectivity index is 1.14. The minimum absolute atomic E-state index is 0.0176. The number of fused-ring (bicyclic) bond motifs is 1. The van der Waals surface area contributed by atoms with Crippen LogP contribution < -0.4 is 11.3 Å². The third-order valence-electron chi connectivity index (χ3n) is 9.69. The van der Waals surface area contributed by atoms with Crippen LogP contribution >= 0.6 is 0 Å². The van der Waals surface area contributed by atoms with Crippen LogP contribution in [-0.4, -0.2) is 49.1 Å². The fourth-order valence-corrected chi connectivity index (χ4v) is 6.74. The molecule has 1 fully saturated rings. The second-order valence-electron chi connectivity index (χ2n) is 13.6. The number of H-pyrrole nitrogens is 1. The van der Waals surface area contributed by atoms with Crippen molar-refractivity contribution in [1.82, 2.24) is 19.5 Å². The van der Waals surface area contributed by atoms with Gasteiger partial charge in [-0.3, -0.25) is 19.4 Å². The van der Waals surface area contributed by atoms with Crippen molar-refractivity contribution in [3.8, 4) is 0 Å². The Labute approximate surface area is 281 Å². The van der Waals surface area contributed by atoms with Crippen molar-refractivity contribution in [3.05, 3.63) is 28.8 Å². The number of aromatic amines is 1. The molecule has 0 unspecified atom stereocenters. The number of aliphatic hydroxyl groups is 1. The van der Waals surface area contributed by atoms with Crippen LogP contribution in [-0.2, 0) is 14.3 Å². The van der Waals surface area contributed by atoms with E-state index in [-0.39, 0.29) is 42.3 Å². The summed E-state index contributed by atoms with van der Waals surface area (Å²) >= 11 is 0. The lowest BCUT2D eigenvalue weighted by Gasteiger charge is -2.17. The molecule has 2 aromatic heterocycles. The highest BCUT2D eigenvalue weighted by Gasteiger charge is 2.39. The van der Waals surface area contributed by atoms with Crippen LogP contribution in [0.2, 0.25) is 0 Å². The molecule has 47 heavy (non-hydrogen) atoms. The molecule has 1 aliphatic carbocycles. The number of nitrogens with zero attached hydrogens (tertiary/aromatic N) is 3. The van der Waals surface area contributed by atoms with Gasteiger partial charge in [0.05, 0.1) is 18.5 Å². The van der Waals surface area contributed by atoms with E-state index in [1.54, 1.807) is 4.57 Å². The quantitative estimate of drug-likeness (QED) is 0.0525. The smallest absolute Gasteiger partial charge is 0.305 e. The van der Waals surface area contributed by atoms with Crippen molar-refractivity contribution in [1.29, 1.82) is 0 Å². The van der Waals surface area contributed by atoms with E-state index >= 15 is 0 Å². The summed E-state index contributed by atoms with van der Waals surface area (Å²) in [6, 6.07) is -0.349. The van der Waals surface area contributed by atoms with Crippen LogP contribution in [0, 0.1) is 5.92 Å². The number of unbranched alkanes of at least 4 members (excludes halogenated alkanes) is 17. The number of aliphatic hydroxyl groups excluding tert-OH is 1. The van der Waals surface area contributed by atoms with E-state index in [2.05, 4.69) is 28.5 Å². The van der Waals surface area contributed by atoms with Gasteiger partial charge in [0.1, 0.15) is 12.4 Å². The number of nitrogens with two attached hydrogens (primary N) is 1. The van der Waals surface area contributed by atoms with E-state index in [9.17, 15) is 19.5 Å². The Morgan fingerprint density at radius 2 is 1.40 bits per heavy atom. The van der Waals surface area contributed by atoms with E-state index in [1.165, 1.54) is 103 Å². The summed E-state index contributed by atoms with van der Waals surface area (Å²) in [7, 11) is 0. The molecular formula is C37H61N5O5. The summed E-state index contributed by atoms with van der Waals surface area (Å²) < 4.78 is 7.16. The summed E-state index contributed by atoms with van der Waals surface area (Å²) in [4.78, 5) is 47.5. The van der Waals surface area contributed by atoms with E-state index in [4.69, 9.17) is 10.5 Å². The van der Waals surface area contributed by atoms with Gasteiger partial charge >= 0.3 is 5.97 Å². The zero-order valence-electron chi connectivity index (χ0n) is 29.0. The first-order chi connectivity index (χ1) is 22.8. The topological polar surface area (TPSA) is 153 Å². The van der Waals surface area contributed by atoms with Gasteiger partial charge in [-0.2, -0.15) is 4.98 Å². The number of ether oxygens (including phenoxy) is 1. The Morgan fingerprint density at radius 3 is 1.98 bits per heavy atom. The summed E-state index contributed by atoms with van der Waals surface area (Å²) in [6.07, 6.45) is 26.3. The minimum Gasteiger partial charge on any atom is -0.465 e. The maximum absolute atomic E-state index is 12.4. The van der Waals surface area contributed by atoms with Gasteiger partial charge in [-0.25, -0.2) is 4.98 Å². The lowest BCUT2D eigenvalue weighted by atomic mass is 10.0. The van der Waals surface area contributed by atoms with Crippen molar-refractivity contribution in [2.45, 2.75) is 167 Å². The molecule has 0 amide bonds. The van der Waals surface area contributed by atoms with Gasteiger partial charge < -0.3 is 20.1 Å². The predicted molar refractivity (Wildman–Crippen MR) is 188 cm³/mol. The van der Waals surface area contributed by atoms with E-state index < -0.39 is 17.6 Å². The SMILES string of the molecule is C=C1[C@H](COC(=O)CCCCC(=O)CCCCCCCCCCCCCCCCCCC)[C@@H](O)C[C@@H]1n1cnc2c(=O)[nH]c(N)nc21. The molecule has 3 rings (SSSR count). The third-order valence-corrected chi connectivity index (χ3v) is 9.69. The summed E-state index contributed by atoms with van der Waals surface area (Å²) in [5, 5.41) is 10.7. The fourth-order valence-electron chi connectivity index (χ4n) is 6.74. The molecule has 0 saturated heterocycles. The molecule has 4 N–H and O–H groups in total. The number of Topliss-reactive ketones (excluding diaryl/α,β-unsaturated/α-hetero) is 1. The van der Waals surface area contributed by atoms with Gasteiger partial charge in [0, 0.05) is 25.2 Å². The Hall–Kier alpha value is -3.01. The highest BCUT2D eigenvalue weighted by atomic mass is 16.5. The van der Waals surface area contributed by atoms with Gasteiger partial charge in [0.15, 0.2) is 11.2 Å². The van der Waals surface area contributed by atoms with E-state index in [0.29, 0.717) is 43.3 Å². The predicted octanol–water partition coefficient (Wildman–Crippen LogP) is 7.89. The van der Waals surface area contributed by atoms with Gasteiger partial charge in [-0.15, -0.1) is 0 Å². The number of aromatic nitrogens is 4. The second-order valence-corrected chi connectivity index (χ2v) is 13.6. The number of rotatable bonds is 26. The van der Waals surface area contributed by atoms with Crippen LogP contribution in [0.3, 0.4) is 0 Å². The average Bonchev–Trinajstić information content (AvgIpc) is 3.59. The number of hydrogen-bond donors (Lipinski definition) is 3. The highest BCUT2D eigenvalue weighted by molar-refractivity contribution is 5.78. The number of ketones is 1. The van der Waals surface area contributed by atoms with Gasteiger partial charge in [0.25, 0.3) is 5.56 Å². The Kier molecular flexibility index (Phi) is 17.8. The molecule has 0 aliphatic heterocycles. The molecule has 1 saturated carbocycles. The number of nitrogen functional groups attached to an aromatic ring is 1. The largest absolute Gasteiger partial charge is 0.465 e. The first-order valence-electron chi connectivity index (χ1n) is 18.6. The van der Waals surface area contributed by atoms with Crippen molar-refractivity contribution in [3.63, 3.8) is 0 Å². The zero-order valence-corrected chi connectivity index (χ0v) is 29.0. The molecule has 10 nitrogen and oxygen atoms in total. The normalized spacial score (nSPS) is 17.9. The van der Waals surface area contributed by atoms with Gasteiger partial charge in [0.2, 0.25) is 5.95 Å². The van der Waals surface area contributed by atoms with Crippen molar-refractivity contribution in [2.24, 2.45) is 5.92 Å². The number of imidazole rings is 1. The number of carbonyl (C=O) groups is 2. The monoisotopic (exact) mass is 655 g/mol. The molecule has 1 aliphatic rings. The maximum atomic E-state index is 12.4. The minimum atomic E-state index is -0.760. The number of carbonyl (C=O) groups excluding carboxylic acids is 2. The second kappa shape index (κ2) is 21.8. The van der Waals surface area contributed by atoms with Gasteiger partial charge in [-0.1, -0.05) is 116 Å². The highest BCUT2D eigenvalue weighted by Crippen LogP contribution is 2.40. The number of hydrogen-bond acceptors (Lipinski definition) is 8. The lowest BCUT2D eigenvalue weighted by Crippen LogP contribution is -2.22. The molecular weight excluding hydrogens is 594 g/mol. The zero-order chi connectivity index (χ0) is 33.9. The first-order valence-corrected chi connectivity index (χ1v) is 18.6. The molecule has 10 heteroatoms. The molecule has 3 atom stereocenters.